The van der Waals surface area contributed by atoms with Crippen LogP contribution >= 0.6 is 0 Å². The van der Waals surface area contributed by atoms with Gasteiger partial charge in [-0.05, 0) is 26.8 Å². The van der Waals surface area contributed by atoms with Gasteiger partial charge in [-0.1, -0.05) is 0 Å². The van der Waals surface area contributed by atoms with Crippen LogP contribution in [0.25, 0.3) is 0 Å². The van der Waals surface area contributed by atoms with E-state index in [2.05, 4.69) is 15.2 Å². The fourth-order valence-corrected chi connectivity index (χ4v) is 2.41. The molecule has 0 aliphatic carbocycles. The second-order valence-electron chi connectivity index (χ2n) is 6.82. The second-order valence-corrected chi connectivity index (χ2v) is 6.82. The van der Waals surface area contributed by atoms with Crippen molar-refractivity contribution in [2.24, 2.45) is 0 Å². The summed E-state index contributed by atoms with van der Waals surface area (Å²) in [6.45, 7) is 8.05. The van der Waals surface area contributed by atoms with Crippen LogP contribution in [0.1, 0.15) is 32.9 Å². The Morgan fingerprint density at radius 3 is 2.60 bits per heavy atom. The molecule has 138 valence electrons. The zero-order valence-electron chi connectivity index (χ0n) is 14.9. The zero-order valence-corrected chi connectivity index (χ0v) is 14.9. The number of morpholine rings is 1. The Morgan fingerprint density at radius 1 is 1.32 bits per heavy atom. The maximum atomic E-state index is 12.0. The van der Waals surface area contributed by atoms with Crippen LogP contribution in [0.2, 0.25) is 0 Å². The van der Waals surface area contributed by atoms with Crippen LogP contribution in [-0.4, -0.2) is 54.1 Å². The number of carboxylic acids is 1. The van der Waals surface area contributed by atoms with E-state index in [0.717, 1.165) is 18.8 Å². The standard InChI is InChI=1S/C17H25N3O5/c1-17(2,3)25-16(23)19-14-11-13(20-6-8-24-9-7-20)10-12(18-14)4-5-15(21)22/h10-11H,4-9H2,1-3H3,(H,21,22)(H,18,19,23). The fraction of sp³-hybridized carbons (Fsp3) is 0.588. The lowest BCUT2D eigenvalue weighted by atomic mass is 10.2. The molecule has 1 amide bonds. The number of rotatable bonds is 5. The van der Waals surface area contributed by atoms with Crippen molar-refractivity contribution in [1.82, 2.24) is 4.98 Å². The number of carbonyl (C=O) groups is 2. The molecule has 1 fully saturated rings. The molecule has 0 saturated carbocycles. The molecule has 2 heterocycles. The summed E-state index contributed by atoms with van der Waals surface area (Å²) in [5.74, 6) is -0.543. The molecular weight excluding hydrogens is 326 g/mol. The largest absolute Gasteiger partial charge is 0.481 e. The number of anilines is 2. The molecule has 8 heteroatoms. The fourth-order valence-electron chi connectivity index (χ4n) is 2.41. The number of carbonyl (C=O) groups excluding carboxylic acids is 1. The summed E-state index contributed by atoms with van der Waals surface area (Å²) in [5, 5.41) is 11.5. The summed E-state index contributed by atoms with van der Waals surface area (Å²) < 4.78 is 10.6. The van der Waals surface area contributed by atoms with Crippen molar-refractivity contribution >= 4 is 23.6 Å². The molecule has 0 aromatic carbocycles. The lowest BCUT2D eigenvalue weighted by molar-refractivity contribution is -0.136. The van der Waals surface area contributed by atoms with Gasteiger partial charge >= 0.3 is 12.1 Å². The predicted molar refractivity (Wildman–Crippen MR) is 93.1 cm³/mol. The van der Waals surface area contributed by atoms with Gasteiger partial charge < -0.3 is 19.5 Å². The number of aliphatic carboxylic acids is 1. The molecule has 8 nitrogen and oxygen atoms in total. The number of pyridine rings is 1. The van der Waals surface area contributed by atoms with Gasteiger partial charge in [0.15, 0.2) is 0 Å². The number of nitrogens with one attached hydrogen (secondary N) is 1. The average molecular weight is 351 g/mol. The minimum Gasteiger partial charge on any atom is -0.481 e. The van der Waals surface area contributed by atoms with Crippen molar-refractivity contribution in [1.29, 1.82) is 0 Å². The first kappa shape index (κ1) is 19.0. The van der Waals surface area contributed by atoms with Crippen molar-refractivity contribution in [3.63, 3.8) is 0 Å². The third kappa shape index (κ3) is 6.58. The Kier molecular flexibility index (Phi) is 6.19. The van der Waals surface area contributed by atoms with Gasteiger partial charge in [0, 0.05) is 37.0 Å². The number of nitrogens with zero attached hydrogens (tertiary/aromatic N) is 2. The third-order valence-electron chi connectivity index (χ3n) is 3.46. The Morgan fingerprint density at radius 2 is 2.00 bits per heavy atom. The van der Waals surface area contributed by atoms with Gasteiger partial charge in [-0.25, -0.2) is 9.78 Å². The van der Waals surface area contributed by atoms with Gasteiger partial charge in [-0.2, -0.15) is 0 Å². The number of hydrogen-bond donors (Lipinski definition) is 2. The highest BCUT2D eigenvalue weighted by Crippen LogP contribution is 2.22. The SMILES string of the molecule is CC(C)(C)OC(=O)Nc1cc(N2CCOCC2)cc(CCC(=O)O)n1. The van der Waals surface area contributed by atoms with Gasteiger partial charge in [0.2, 0.25) is 0 Å². The molecule has 1 aromatic heterocycles. The van der Waals surface area contributed by atoms with Gasteiger partial charge in [-0.15, -0.1) is 0 Å². The third-order valence-corrected chi connectivity index (χ3v) is 3.46. The van der Waals surface area contributed by atoms with E-state index in [1.807, 2.05) is 6.07 Å². The van der Waals surface area contributed by atoms with Crippen LogP contribution in [0, 0.1) is 0 Å². The summed E-state index contributed by atoms with van der Waals surface area (Å²) >= 11 is 0. The molecule has 2 N–H and O–H groups in total. The molecule has 0 spiro atoms. The number of amides is 1. The summed E-state index contributed by atoms with van der Waals surface area (Å²) in [6, 6.07) is 3.62. The Hall–Kier alpha value is -2.35. The van der Waals surface area contributed by atoms with E-state index in [0.29, 0.717) is 24.7 Å². The van der Waals surface area contributed by atoms with Crippen molar-refractivity contribution < 1.29 is 24.2 Å². The molecule has 1 aliphatic heterocycles. The Balaban J connectivity index is 2.19. The Bertz CT molecular complexity index is 621. The monoisotopic (exact) mass is 351 g/mol. The van der Waals surface area contributed by atoms with Crippen LogP contribution in [0.4, 0.5) is 16.3 Å². The normalized spacial score (nSPS) is 14.9. The lowest BCUT2D eigenvalue weighted by Gasteiger charge is -2.29. The molecular formula is C17H25N3O5. The van der Waals surface area contributed by atoms with Gasteiger partial charge in [-0.3, -0.25) is 10.1 Å². The second kappa shape index (κ2) is 8.15. The van der Waals surface area contributed by atoms with E-state index >= 15 is 0 Å². The molecule has 1 aromatic rings. The summed E-state index contributed by atoms with van der Waals surface area (Å²) in [6.07, 6.45) is -0.328. The molecule has 1 saturated heterocycles. The van der Waals surface area contributed by atoms with Crippen molar-refractivity contribution in [2.45, 2.75) is 39.2 Å². The van der Waals surface area contributed by atoms with Crippen LogP contribution in [-0.2, 0) is 20.7 Å². The molecule has 0 atom stereocenters. The minimum absolute atomic E-state index is 0.0224. The van der Waals surface area contributed by atoms with E-state index < -0.39 is 17.7 Å². The van der Waals surface area contributed by atoms with Gasteiger partial charge in [0.05, 0.1) is 19.6 Å². The maximum Gasteiger partial charge on any atom is 0.413 e. The number of aromatic nitrogens is 1. The van der Waals surface area contributed by atoms with Crippen LogP contribution in [0.3, 0.4) is 0 Å². The van der Waals surface area contributed by atoms with E-state index in [-0.39, 0.29) is 12.8 Å². The van der Waals surface area contributed by atoms with Crippen molar-refractivity contribution in [3.8, 4) is 0 Å². The molecule has 25 heavy (non-hydrogen) atoms. The predicted octanol–water partition coefficient (Wildman–Crippen LogP) is 2.28. The highest BCUT2D eigenvalue weighted by molar-refractivity contribution is 5.84. The van der Waals surface area contributed by atoms with Crippen molar-refractivity contribution in [3.05, 3.63) is 17.8 Å². The highest BCUT2D eigenvalue weighted by Gasteiger charge is 2.18. The maximum absolute atomic E-state index is 12.0. The molecule has 0 bridgehead atoms. The van der Waals surface area contributed by atoms with Gasteiger partial charge in [0.25, 0.3) is 0 Å². The number of ether oxygens (including phenoxy) is 2. The zero-order chi connectivity index (χ0) is 18.4. The minimum atomic E-state index is -0.889. The van der Waals surface area contributed by atoms with E-state index in [1.165, 1.54) is 0 Å². The average Bonchev–Trinajstić information content (AvgIpc) is 2.51. The lowest BCUT2D eigenvalue weighted by Crippen LogP contribution is -2.36. The molecule has 0 unspecified atom stereocenters. The summed E-state index contributed by atoms with van der Waals surface area (Å²) in [5.41, 5.74) is 0.875. The topological polar surface area (TPSA) is 101 Å². The van der Waals surface area contributed by atoms with E-state index in [1.54, 1.807) is 26.8 Å². The van der Waals surface area contributed by atoms with Crippen molar-refractivity contribution in [2.75, 3.05) is 36.5 Å². The van der Waals surface area contributed by atoms with E-state index in [9.17, 15) is 9.59 Å². The quantitative estimate of drug-likeness (QED) is 0.839. The van der Waals surface area contributed by atoms with Crippen LogP contribution < -0.4 is 10.2 Å². The highest BCUT2D eigenvalue weighted by atomic mass is 16.6. The molecule has 0 radical (unpaired) electrons. The first-order valence-corrected chi connectivity index (χ1v) is 8.28. The first-order chi connectivity index (χ1) is 11.7. The number of hydrogen-bond acceptors (Lipinski definition) is 6. The summed E-state index contributed by atoms with van der Waals surface area (Å²) in [4.78, 5) is 29.3. The number of carboxylic acid groups (broad SMARTS) is 1. The van der Waals surface area contributed by atoms with E-state index in [4.69, 9.17) is 14.6 Å². The number of aryl methyl sites for hydroxylation is 1. The summed E-state index contributed by atoms with van der Waals surface area (Å²) in [7, 11) is 0. The smallest absolute Gasteiger partial charge is 0.413 e. The Labute approximate surface area is 147 Å². The van der Waals surface area contributed by atoms with Gasteiger partial charge in [0.1, 0.15) is 11.4 Å². The van der Waals surface area contributed by atoms with Crippen LogP contribution in [0.15, 0.2) is 12.1 Å². The van der Waals surface area contributed by atoms with Crippen LogP contribution in [0.5, 0.6) is 0 Å². The first-order valence-electron chi connectivity index (χ1n) is 8.28. The molecule has 1 aliphatic rings. The molecule has 2 rings (SSSR count).